The molecule has 0 atom stereocenters. The van der Waals surface area contributed by atoms with Gasteiger partial charge in [0.05, 0.1) is 20.8 Å². The molecule has 3 heterocycles. The number of methoxy groups -OCH3 is 2. The minimum absolute atomic E-state index is 0.0999. The average Bonchev–Trinajstić information content (AvgIpc) is 2.98. The Hall–Kier alpha value is -2.52. The molecule has 0 N–H and O–H groups in total. The molecule has 31 heavy (non-hydrogen) atoms. The predicted molar refractivity (Wildman–Crippen MR) is 122 cm³/mol. The van der Waals surface area contributed by atoms with Crippen molar-refractivity contribution >= 4 is 40.1 Å². The molecule has 0 bridgehead atoms. The van der Waals surface area contributed by atoms with E-state index in [4.69, 9.17) is 25.8 Å². The van der Waals surface area contributed by atoms with Crippen LogP contribution in [0.2, 0.25) is 5.15 Å². The maximum absolute atomic E-state index is 14.7. The van der Waals surface area contributed by atoms with E-state index in [0.717, 1.165) is 5.56 Å². The SMILES string of the molecule is CC.COc1ccc(CN2CCOc3nc(Cl)c(F)c4nc(SC)nc2c34)c(OC)c1. The van der Waals surface area contributed by atoms with Crippen molar-refractivity contribution in [1.82, 2.24) is 15.0 Å². The lowest BCUT2D eigenvalue weighted by Crippen LogP contribution is -2.27. The summed E-state index contributed by atoms with van der Waals surface area (Å²) in [6, 6.07) is 5.62. The summed E-state index contributed by atoms with van der Waals surface area (Å²) in [5.41, 5.74) is 1.03. The molecule has 10 heteroatoms. The third kappa shape index (κ3) is 4.57. The number of benzene rings is 1. The zero-order chi connectivity index (χ0) is 22.5. The molecule has 0 saturated carbocycles. The first-order valence-electron chi connectivity index (χ1n) is 9.75. The number of aromatic nitrogens is 3. The van der Waals surface area contributed by atoms with Gasteiger partial charge >= 0.3 is 0 Å². The summed E-state index contributed by atoms with van der Waals surface area (Å²) < 4.78 is 31.3. The molecular formula is C21H24ClFN4O3S. The van der Waals surface area contributed by atoms with Crippen LogP contribution in [0.3, 0.4) is 0 Å². The van der Waals surface area contributed by atoms with Crippen molar-refractivity contribution in [3.8, 4) is 17.4 Å². The van der Waals surface area contributed by atoms with Gasteiger partial charge in [0.2, 0.25) is 5.88 Å². The van der Waals surface area contributed by atoms with Crippen molar-refractivity contribution in [2.45, 2.75) is 25.5 Å². The first kappa shape index (κ1) is 23.1. The number of hydrogen-bond acceptors (Lipinski definition) is 8. The second-order valence-corrected chi connectivity index (χ2v) is 7.36. The molecule has 1 aliphatic rings. The van der Waals surface area contributed by atoms with Crippen LogP contribution in [0.15, 0.2) is 23.4 Å². The fraction of sp³-hybridized carbons (Fsp3) is 0.381. The summed E-state index contributed by atoms with van der Waals surface area (Å²) in [5.74, 6) is 1.48. The summed E-state index contributed by atoms with van der Waals surface area (Å²) in [5, 5.41) is 0.581. The van der Waals surface area contributed by atoms with Gasteiger partial charge < -0.3 is 19.1 Å². The number of hydrogen-bond donors (Lipinski definition) is 0. The fourth-order valence-electron chi connectivity index (χ4n) is 3.20. The lowest BCUT2D eigenvalue weighted by atomic mass is 10.1. The number of ether oxygens (including phenoxy) is 3. The van der Waals surface area contributed by atoms with Crippen LogP contribution in [0, 0.1) is 5.82 Å². The van der Waals surface area contributed by atoms with E-state index in [1.807, 2.05) is 43.2 Å². The van der Waals surface area contributed by atoms with Crippen LogP contribution in [0.25, 0.3) is 10.9 Å². The van der Waals surface area contributed by atoms with Crippen molar-refractivity contribution < 1.29 is 18.6 Å². The van der Waals surface area contributed by atoms with E-state index >= 15 is 0 Å². The molecule has 0 saturated heterocycles. The third-order valence-electron chi connectivity index (χ3n) is 4.61. The van der Waals surface area contributed by atoms with Crippen LogP contribution in [0.1, 0.15) is 19.4 Å². The van der Waals surface area contributed by atoms with Crippen molar-refractivity contribution in [3.05, 3.63) is 34.7 Å². The smallest absolute Gasteiger partial charge is 0.228 e. The highest BCUT2D eigenvalue weighted by Gasteiger charge is 2.27. The maximum atomic E-state index is 14.7. The summed E-state index contributed by atoms with van der Waals surface area (Å²) in [6.07, 6.45) is 1.83. The van der Waals surface area contributed by atoms with Gasteiger partial charge in [-0.05, 0) is 18.4 Å². The molecule has 3 aromatic rings. The second-order valence-electron chi connectivity index (χ2n) is 6.23. The zero-order valence-corrected chi connectivity index (χ0v) is 19.6. The molecule has 166 valence electrons. The lowest BCUT2D eigenvalue weighted by molar-refractivity contribution is 0.318. The van der Waals surface area contributed by atoms with Gasteiger partial charge in [-0.2, -0.15) is 4.98 Å². The number of anilines is 1. The summed E-state index contributed by atoms with van der Waals surface area (Å²) in [6.45, 7) is 5.33. The molecule has 0 amide bonds. The first-order chi connectivity index (χ1) is 15.0. The topological polar surface area (TPSA) is 69.6 Å². The molecule has 1 aliphatic heterocycles. The van der Waals surface area contributed by atoms with Crippen molar-refractivity contribution in [2.75, 3.05) is 38.5 Å². The van der Waals surface area contributed by atoms with Crippen LogP contribution in [0.4, 0.5) is 10.2 Å². The number of nitrogens with zero attached hydrogens (tertiary/aromatic N) is 4. The normalized spacial score (nSPS) is 12.5. The Morgan fingerprint density at radius 3 is 2.65 bits per heavy atom. The highest BCUT2D eigenvalue weighted by Crippen LogP contribution is 2.39. The van der Waals surface area contributed by atoms with Crippen LogP contribution >= 0.6 is 23.4 Å². The van der Waals surface area contributed by atoms with Gasteiger partial charge in [0.1, 0.15) is 34.8 Å². The molecule has 1 aromatic carbocycles. The monoisotopic (exact) mass is 466 g/mol. The van der Waals surface area contributed by atoms with E-state index in [-0.39, 0.29) is 16.5 Å². The fourth-order valence-corrected chi connectivity index (χ4v) is 3.73. The molecule has 4 rings (SSSR count). The first-order valence-corrected chi connectivity index (χ1v) is 11.3. The quantitative estimate of drug-likeness (QED) is 0.296. The summed E-state index contributed by atoms with van der Waals surface area (Å²) >= 11 is 7.28. The van der Waals surface area contributed by atoms with Gasteiger partial charge in [-0.3, -0.25) is 0 Å². The van der Waals surface area contributed by atoms with Crippen molar-refractivity contribution in [2.24, 2.45) is 0 Å². The van der Waals surface area contributed by atoms with Crippen LogP contribution in [-0.4, -0.2) is 48.6 Å². The highest BCUT2D eigenvalue weighted by atomic mass is 35.5. The van der Waals surface area contributed by atoms with Crippen LogP contribution in [0.5, 0.6) is 17.4 Å². The average molecular weight is 467 g/mol. The van der Waals surface area contributed by atoms with E-state index in [1.165, 1.54) is 11.8 Å². The molecule has 0 fully saturated rings. The van der Waals surface area contributed by atoms with Gasteiger partial charge in [0.15, 0.2) is 16.1 Å². The predicted octanol–water partition coefficient (Wildman–Crippen LogP) is 4.98. The van der Waals surface area contributed by atoms with E-state index in [1.54, 1.807) is 14.2 Å². The molecule has 0 radical (unpaired) electrons. The van der Waals surface area contributed by atoms with E-state index in [9.17, 15) is 4.39 Å². The van der Waals surface area contributed by atoms with Crippen LogP contribution < -0.4 is 19.1 Å². The number of thioether (sulfide) groups is 1. The zero-order valence-electron chi connectivity index (χ0n) is 18.0. The number of halogens is 2. The minimum Gasteiger partial charge on any atom is -0.497 e. The third-order valence-corrected chi connectivity index (χ3v) is 5.41. The molecule has 0 spiro atoms. The Labute approximate surface area is 189 Å². The standard InChI is InChI=1S/C19H18ClFN4O3S.C2H6/c1-26-11-5-4-10(12(8-11)27-2)9-25-6-7-28-18-13-15(14(21)16(20)23-18)22-19(29-3)24-17(13)25;1-2/h4-5,8H,6-7,9H2,1-3H3;1-2H3. The number of rotatable bonds is 5. The Kier molecular flexibility index (Phi) is 7.61. The molecule has 0 unspecified atom stereocenters. The maximum Gasteiger partial charge on any atom is 0.228 e. The van der Waals surface area contributed by atoms with Gasteiger partial charge in [0.25, 0.3) is 0 Å². The highest BCUT2D eigenvalue weighted by molar-refractivity contribution is 7.98. The lowest BCUT2D eigenvalue weighted by Gasteiger charge is -2.24. The van der Waals surface area contributed by atoms with Crippen LogP contribution in [-0.2, 0) is 6.54 Å². The Balaban J connectivity index is 0.00000132. The van der Waals surface area contributed by atoms with E-state index < -0.39 is 5.82 Å². The van der Waals surface area contributed by atoms with E-state index in [0.29, 0.717) is 47.6 Å². The summed E-state index contributed by atoms with van der Waals surface area (Å²) in [4.78, 5) is 15.0. The number of pyridine rings is 1. The Morgan fingerprint density at radius 2 is 1.97 bits per heavy atom. The Bertz CT molecular complexity index is 1090. The van der Waals surface area contributed by atoms with Gasteiger partial charge in [-0.15, -0.1) is 0 Å². The van der Waals surface area contributed by atoms with E-state index in [2.05, 4.69) is 15.0 Å². The van der Waals surface area contributed by atoms with Gasteiger partial charge in [-0.25, -0.2) is 14.4 Å². The second kappa shape index (κ2) is 10.2. The van der Waals surface area contributed by atoms with Crippen molar-refractivity contribution in [1.29, 1.82) is 0 Å². The molecule has 2 aromatic heterocycles. The van der Waals surface area contributed by atoms with Gasteiger partial charge in [0, 0.05) is 18.2 Å². The minimum atomic E-state index is -0.683. The Morgan fingerprint density at radius 1 is 1.19 bits per heavy atom. The van der Waals surface area contributed by atoms with Gasteiger partial charge in [-0.1, -0.05) is 37.2 Å². The molecule has 7 nitrogen and oxygen atoms in total. The molecular weight excluding hydrogens is 443 g/mol. The summed E-state index contributed by atoms with van der Waals surface area (Å²) in [7, 11) is 3.21. The molecule has 0 aliphatic carbocycles. The van der Waals surface area contributed by atoms with Crippen molar-refractivity contribution in [3.63, 3.8) is 0 Å². The largest absolute Gasteiger partial charge is 0.497 e.